The van der Waals surface area contributed by atoms with Gasteiger partial charge in [-0.25, -0.2) is 15.0 Å². The Balaban J connectivity index is 1.29. The van der Waals surface area contributed by atoms with E-state index in [0.29, 0.717) is 12.5 Å². The zero-order chi connectivity index (χ0) is 22.0. The Morgan fingerprint density at radius 1 is 0.697 bits per heavy atom. The van der Waals surface area contributed by atoms with Crippen LogP contribution in [-0.4, -0.2) is 19.9 Å². The highest BCUT2D eigenvalue weighted by atomic mass is 15.1. The van der Waals surface area contributed by atoms with E-state index in [0.717, 1.165) is 39.5 Å². The molecule has 5 aromatic rings. The molecular formula is C27H20N6. The fraction of sp³-hybridized carbons (Fsp3) is 0.0370. The molecule has 3 aromatic heterocycles. The number of nitrogens with one attached hydrogen (secondary N) is 2. The minimum absolute atomic E-state index is 0.577. The van der Waals surface area contributed by atoms with E-state index in [1.807, 2.05) is 30.5 Å². The largest absolute Gasteiger partial charge is 0.350 e. The van der Waals surface area contributed by atoms with E-state index >= 15 is 0 Å². The molecule has 2 aromatic carbocycles. The van der Waals surface area contributed by atoms with E-state index in [2.05, 4.69) is 74.1 Å². The number of aromatic nitrogens is 4. The number of anilines is 3. The molecule has 0 radical (unpaired) electrons. The molecular weight excluding hydrogens is 408 g/mol. The summed E-state index contributed by atoms with van der Waals surface area (Å²) in [7, 11) is 0. The Hall–Kier alpha value is -4.58. The number of rotatable bonds is 4. The Morgan fingerprint density at radius 2 is 1.55 bits per heavy atom. The molecule has 0 fully saturated rings. The summed E-state index contributed by atoms with van der Waals surface area (Å²) in [5.74, 6) is 1.33. The van der Waals surface area contributed by atoms with E-state index in [4.69, 9.17) is 4.98 Å². The highest BCUT2D eigenvalue weighted by Crippen LogP contribution is 2.41. The number of pyridine rings is 2. The highest BCUT2D eigenvalue weighted by Gasteiger charge is 2.21. The molecule has 2 N–H and O–H groups in total. The Bertz CT molecular complexity index is 1430. The van der Waals surface area contributed by atoms with Gasteiger partial charge >= 0.3 is 0 Å². The fourth-order valence-electron chi connectivity index (χ4n) is 4.05. The van der Waals surface area contributed by atoms with Crippen molar-refractivity contribution in [3.63, 3.8) is 0 Å². The maximum atomic E-state index is 4.87. The minimum atomic E-state index is 0.577. The van der Waals surface area contributed by atoms with Gasteiger partial charge in [0, 0.05) is 41.8 Å². The Morgan fingerprint density at radius 3 is 2.42 bits per heavy atom. The molecule has 0 aliphatic carbocycles. The maximum Gasteiger partial charge on any atom is 0.223 e. The number of hydrogen-bond acceptors (Lipinski definition) is 6. The second-order valence-corrected chi connectivity index (χ2v) is 7.82. The Labute approximate surface area is 191 Å². The molecule has 1 aliphatic rings. The van der Waals surface area contributed by atoms with Gasteiger partial charge in [0.15, 0.2) is 0 Å². The van der Waals surface area contributed by atoms with Crippen LogP contribution in [0.25, 0.3) is 33.5 Å². The van der Waals surface area contributed by atoms with Gasteiger partial charge in [-0.3, -0.25) is 4.98 Å². The molecule has 4 heterocycles. The van der Waals surface area contributed by atoms with Crippen molar-refractivity contribution in [2.24, 2.45) is 0 Å². The van der Waals surface area contributed by atoms with Gasteiger partial charge in [-0.1, -0.05) is 54.6 Å². The second kappa shape index (κ2) is 8.16. The fourth-order valence-corrected chi connectivity index (χ4v) is 4.05. The van der Waals surface area contributed by atoms with Crippen LogP contribution in [0.5, 0.6) is 0 Å². The van der Waals surface area contributed by atoms with Crippen LogP contribution in [0.3, 0.4) is 0 Å². The number of benzene rings is 2. The first-order valence-electron chi connectivity index (χ1n) is 10.8. The van der Waals surface area contributed by atoms with Gasteiger partial charge in [-0.05, 0) is 34.9 Å². The van der Waals surface area contributed by atoms with Crippen molar-refractivity contribution in [2.75, 3.05) is 10.6 Å². The first-order chi connectivity index (χ1) is 16.3. The summed E-state index contributed by atoms with van der Waals surface area (Å²) < 4.78 is 0. The zero-order valence-corrected chi connectivity index (χ0v) is 17.7. The number of fused-ring (bicyclic) bond motifs is 5. The van der Waals surface area contributed by atoms with Crippen molar-refractivity contribution < 1.29 is 0 Å². The van der Waals surface area contributed by atoms with E-state index in [9.17, 15) is 0 Å². The summed E-state index contributed by atoms with van der Waals surface area (Å²) in [5.41, 5.74) is 8.18. The van der Waals surface area contributed by atoms with Crippen molar-refractivity contribution in [3.05, 3.63) is 103 Å². The molecule has 6 heteroatoms. The van der Waals surface area contributed by atoms with Crippen LogP contribution < -0.4 is 10.6 Å². The van der Waals surface area contributed by atoms with Gasteiger partial charge in [0.1, 0.15) is 5.82 Å². The normalized spacial score (nSPS) is 11.4. The molecule has 0 amide bonds. The topological polar surface area (TPSA) is 75.6 Å². The molecule has 6 rings (SSSR count). The quantitative estimate of drug-likeness (QED) is 0.362. The first-order valence-corrected chi connectivity index (χ1v) is 10.8. The minimum Gasteiger partial charge on any atom is -0.350 e. The molecule has 158 valence electrons. The first kappa shape index (κ1) is 19.1. The van der Waals surface area contributed by atoms with Crippen molar-refractivity contribution in [1.29, 1.82) is 0 Å². The van der Waals surface area contributed by atoms with Gasteiger partial charge in [-0.2, -0.15) is 0 Å². The van der Waals surface area contributed by atoms with Gasteiger partial charge in [0.25, 0.3) is 0 Å². The summed E-state index contributed by atoms with van der Waals surface area (Å²) in [6, 6.07) is 24.8. The second-order valence-electron chi connectivity index (χ2n) is 7.82. The lowest BCUT2D eigenvalue weighted by molar-refractivity contribution is 1.06. The summed E-state index contributed by atoms with van der Waals surface area (Å²) in [6.07, 6.45) is 7.21. The average molecular weight is 428 g/mol. The van der Waals surface area contributed by atoms with Crippen LogP contribution in [0.4, 0.5) is 17.5 Å². The van der Waals surface area contributed by atoms with Gasteiger partial charge < -0.3 is 10.6 Å². The predicted molar refractivity (Wildman–Crippen MR) is 131 cm³/mol. The van der Waals surface area contributed by atoms with Crippen LogP contribution in [-0.2, 0) is 6.54 Å². The van der Waals surface area contributed by atoms with E-state index < -0.39 is 0 Å². The van der Waals surface area contributed by atoms with Crippen LogP contribution in [0.1, 0.15) is 5.56 Å². The lowest BCUT2D eigenvalue weighted by Crippen LogP contribution is -2.05. The third kappa shape index (κ3) is 3.68. The summed E-state index contributed by atoms with van der Waals surface area (Å²) >= 11 is 0. The van der Waals surface area contributed by atoms with Crippen molar-refractivity contribution in [1.82, 2.24) is 19.9 Å². The average Bonchev–Trinajstić information content (AvgIpc) is 3.02. The summed E-state index contributed by atoms with van der Waals surface area (Å²) in [6.45, 7) is 0.631. The van der Waals surface area contributed by atoms with Gasteiger partial charge in [0.2, 0.25) is 5.95 Å². The van der Waals surface area contributed by atoms with Gasteiger partial charge in [0.05, 0.1) is 17.6 Å². The molecule has 0 saturated carbocycles. The molecule has 0 saturated heterocycles. The molecule has 1 aliphatic heterocycles. The maximum absolute atomic E-state index is 4.87. The van der Waals surface area contributed by atoms with Crippen LogP contribution in [0.15, 0.2) is 97.6 Å². The summed E-state index contributed by atoms with van der Waals surface area (Å²) in [4.78, 5) is 18.2. The number of nitrogens with zero attached hydrogens (tertiary/aromatic N) is 4. The molecule has 0 unspecified atom stereocenters. The van der Waals surface area contributed by atoms with Crippen LogP contribution in [0.2, 0.25) is 0 Å². The third-order valence-electron chi connectivity index (χ3n) is 5.73. The third-order valence-corrected chi connectivity index (χ3v) is 5.73. The van der Waals surface area contributed by atoms with Crippen LogP contribution >= 0.6 is 0 Å². The summed E-state index contributed by atoms with van der Waals surface area (Å²) in [5, 5.41) is 6.75. The van der Waals surface area contributed by atoms with Crippen molar-refractivity contribution in [2.45, 2.75) is 6.54 Å². The SMILES string of the molecule is c1ccc(-c2ccc(CNc3ncc4c(n3)-c3cccnc3Nc3cnccc3-4)cc2)cc1. The predicted octanol–water partition coefficient (Wildman–Crippen LogP) is 5.94. The Kier molecular flexibility index (Phi) is 4.73. The lowest BCUT2D eigenvalue weighted by atomic mass is 10.0. The van der Waals surface area contributed by atoms with E-state index in [1.54, 1.807) is 18.6 Å². The highest BCUT2D eigenvalue weighted by molar-refractivity contribution is 5.95. The molecule has 0 bridgehead atoms. The van der Waals surface area contributed by atoms with Gasteiger partial charge in [-0.15, -0.1) is 0 Å². The molecule has 33 heavy (non-hydrogen) atoms. The van der Waals surface area contributed by atoms with Crippen molar-refractivity contribution in [3.8, 4) is 33.5 Å². The van der Waals surface area contributed by atoms with Crippen molar-refractivity contribution >= 4 is 17.5 Å². The lowest BCUT2D eigenvalue weighted by Gasteiger charge is -2.11. The smallest absolute Gasteiger partial charge is 0.223 e. The van der Waals surface area contributed by atoms with Crippen LogP contribution in [0, 0.1) is 0 Å². The standard InChI is InChI=1S/C27H20N6/c1-2-5-19(6-3-1)20-10-8-18(9-11-20)15-30-27-31-16-23-21-12-14-28-17-24(21)32-26-22(25(23)33-27)7-4-13-29-26/h1-14,16-17H,15H2,(H,29,32)(H,30,31,33). The monoisotopic (exact) mass is 428 g/mol. The van der Waals surface area contributed by atoms with E-state index in [1.165, 1.54) is 11.1 Å². The molecule has 0 atom stereocenters. The molecule has 0 spiro atoms. The zero-order valence-electron chi connectivity index (χ0n) is 17.7. The number of hydrogen-bond donors (Lipinski definition) is 2. The molecule has 6 nitrogen and oxygen atoms in total. The van der Waals surface area contributed by atoms with E-state index in [-0.39, 0.29) is 0 Å².